The van der Waals surface area contributed by atoms with E-state index in [0.29, 0.717) is 11.4 Å². The predicted molar refractivity (Wildman–Crippen MR) is 127 cm³/mol. The molecule has 160 valence electrons. The van der Waals surface area contributed by atoms with Crippen LogP contribution in [0.5, 0.6) is 0 Å². The molecule has 1 fully saturated rings. The van der Waals surface area contributed by atoms with Gasteiger partial charge in [0.1, 0.15) is 5.37 Å². The van der Waals surface area contributed by atoms with Crippen molar-refractivity contribution in [1.82, 2.24) is 0 Å². The molecule has 1 heterocycles. The molecule has 1 aliphatic heterocycles. The second kappa shape index (κ2) is 8.64. The first-order valence-electron chi connectivity index (χ1n) is 10.0. The predicted octanol–water partition coefficient (Wildman–Crippen LogP) is 5.97. The number of alkyl halides is 1. The van der Waals surface area contributed by atoms with E-state index in [-0.39, 0.29) is 28.5 Å². The summed E-state index contributed by atoms with van der Waals surface area (Å²) in [5.74, 6) is 0.636. The van der Waals surface area contributed by atoms with Gasteiger partial charge in [0.2, 0.25) is 11.8 Å². The Morgan fingerprint density at radius 1 is 1.13 bits per heavy atom. The topological polar surface area (TPSA) is 49.4 Å². The van der Waals surface area contributed by atoms with Crippen LogP contribution in [0.15, 0.2) is 48.5 Å². The molecule has 30 heavy (non-hydrogen) atoms. The Morgan fingerprint density at radius 2 is 1.80 bits per heavy atom. The number of anilines is 2. The van der Waals surface area contributed by atoms with Gasteiger partial charge in [0.05, 0.1) is 11.2 Å². The normalized spacial score (nSPS) is 17.3. The number of carbonyl (C=O) groups excluding carboxylic acids is 2. The van der Waals surface area contributed by atoms with Crippen molar-refractivity contribution in [3.8, 4) is 0 Å². The van der Waals surface area contributed by atoms with E-state index in [1.54, 1.807) is 11.8 Å². The molecule has 3 rings (SSSR count). The SMILES string of the molecule is CC(C)(CCl)C(=O)Nc1cccc(C2SCC(=O)N2c2ccc(C(C)(C)C)cc2)c1. The molecule has 0 saturated carbocycles. The smallest absolute Gasteiger partial charge is 0.238 e. The summed E-state index contributed by atoms with van der Waals surface area (Å²) in [6.07, 6.45) is 0. The highest BCUT2D eigenvalue weighted by molar-refractivity contribution is 8.00. The lowest BCUT2D eigenvalue weighted by Gasteiger charge is -2.26. The number of thioether (sulfide) groups is 1. The molecule has 1 unspecified atom stereocenters. The Balaban J connectivity index is 1.86. The molecule has 0 aliphatic carbocycles. The fourth-order valence-corrected chi connectivity index (χ4v) is 4.49. The van der Waals surface area contributed by atoms with Gasteiger partial charge >= 0.3 is 0 Å². The molecule has 6 heteroatoms. The van der Waals surface area contributed by atoms with E-state index < -0.39 is 5.41 Å². The van der Waals surface area contributed by atoms with Crippen molar-refractivity contribution in [2.45, 2.75) is 45.4 Å². The zero-order valence-electron chi connectivity index (χ0n) is 18.2. The van der Waals surface area contributed by atoms with Crippen LogP contribution in [0.4, 0.5) is 11.4 Å². The van der Waals surface area contributed by atoms with Crippen molar-refractivity contribution >= 4 is 46.6 Å². The van der Waals surface area contributed by atoms with Gasteiger partial charge in [0.15, 0.2) is 0 Å². The van der Waals surface area contributed by atoms with E-state index in [9.17, 15) is 9.59 Å². The largest absolute Gasteiger partial charge is 0.326 e. The molecule has 1 saturated heterocycles. The minimum absolute atomic E-state index is 0.0606. The van der Waals surface area contributed by atoms with Gasteiger partial charge in [0, 0.05) is 17.3 Å². The number of nitrogens with zero attached hydrogens (tertiary/aromatic N) is 1. The number of rotatable bonds is 5. The number of hydrogen-bond donors (Lipinski definition) is 1. The first-order chi connectivity index (χ1) is 14.0. The van der Waals surface area contributed by atoms with Crippen molar-refractivity contribution in [1.29, 1.82) is 0 Å². The first kappa shape index (κ1) is 22.7. The lowest BCUT2D eigenvalue weighted by molar-refractivity contribution is -0.123. The van der Waals surface area contributed by atoms with Crippen molar-refractivity contribution in [3.63, 3.8) is 0 Å². The molecule has 4 nitrogen and oxygen atoms in total. The van der Waals surface area contributed by atoms with Crippen LogP contribution in [-0.2, 0) is 15.0 Å². The van der Waals surface area contributed by atoms with Gasteiger partial charge in [-0.25, -0.2) is 0 Å². The standard InChI is InChI=1S/C24H29ClN2O2S/c1-23(2,3)17-9-11-19(12-10-17)27-20(28)14-30-21(27)16-7-6-8-18(13-16)26-22(29)24(4,5)15-25/h6-13,21H,14-15H2,1-5H3,(H,26,29). The van der Waals surface area contributed by atoms with Gasteiger partial charge in [-0.05, 0) is 54.7 Å². The van der Waals surface area contributed by atoms with E-state index in [0.717, 1.165) is 11.3 Å². The maximum Gasteiger partial charge on any atom is 0.238 e. The van der Waals surface area contributed by atoms with Crippen LogP contribution in [0.1, 0.15) is 51.1 Å². The highest BCUT2D eigenvalue weighted by Crippen LogP contribution is 2.42. The minimum Gasteiger partial charge on any atom is -0.326 e. The Labute approximate surface area is 188 Å². The van der Waals surface area contributed by atoms with Crippen LogP contribution in [0.3, 0.4) is 0 Å². The number of benzene rings is 2. The second-order valence-corrected chi connectivity index (χ2v) is 10.7. The Hall–Kier alpha value is -1.98. The molecule has 0 aromatic heterocycles. The fraction of sp³-hybridized carbons (Fsp3) is 0.417. The van der Waals surface area contributed by atoms with Crippen LogP contribution in [0.25, 0.3) is 0 Å². The second-order valence-electron chi connectivity index (χ2n) is 9.32. The highest BCUT2D eigenvalue weighted by Gasteiger charge is 2.34. The van der Waals surface area contributed by atoms with Crippen molar-refractivity contribution < 1.29 is 9.59 Å². The summed E-state index contributed by atoms with van der Waals surface area (Å²) in [4.78, 5) is 27.0. The molecule has 2 aromatic rings. The Kier molecular flexibility index (Phi) is 6.54. The summed E-state index contributed by atoms with van der Waals surface area (Å²) >= 11 is 7.52. The van der Waals surface area contributed by atoms with E-state index in [4.69, 9.17) is 11.6 Å². The molecular formula is C24H29ClN2O2S. The van der Waals surface area contributed by atoms with Crippen molar-refractivity contribution in [3.05, 3.63) is 59.7 Å². The van der Waals surface area contributed by atoms with Crippen LogP contribution >= 0.6 is 23.4 Å². The van der Waals surface area contributed by atoms with E-state index >= 15 is 0 Å². The number of halogens is 1. The zero-order valence-corrected chi connectivity index (χ0v) is 19.7. The van der Waals surface area contributed by atoms with E-state index in [1.807, 2.05) is 55.1 Å². The number of amides is 2. The average Bonchev–Trinajstić information content (AvgIpc) is 3.09. The summed E-state index contributed by atoms with van der Waals surface area (Å²) in [7, 11) is 0. The van der Waals surface area contributed by atoms with E-state index in [1.165, 1.54) is 5.56 Å². The van der Waals surface area contributed by atoms with Gasteiger partial charge in [-0.2, -0.15) is 0 Å². The molecule has 2 amide bonds. The molecule has 0 radical (unpaired) electrons. The molecule has 1 aliphatic rings. The Morgan fingerprint density at radius 3 is 2.40 bits per heavy atom. The summed E-state index contributed by atoms with van der Waals surface area (Å²) in [6, 6.07) is 15.9. The molecule has 0 bridgehead atoms. The molecule has 1 N–H and O–H groups in total. The zero-order chi connectivity index (χ0) is 22.1. The number of nitrogens with one attached hydrogen (secondary N) is 1. The molecular weight excluding hydrogens is 416 g/mol. The highest BCUT2D eigenvalue weighted by atomic mass is 35.5. The molecule has 2 aromatic carbocycles. The maximum absolute atomic E-state index is 12.7. The van der Waals surface area contributed by atoms with Crippen LogP contribution in [-0.4, -0.2) is 23.4 Å². The minimum atomic E-state index is -0.656. The van der Waals surface area contributed by atoms with Crippen molar-refractivity contribution in [2.75, 3.05) is 21.8 Å². The van der Waals surface area contributed by atoms with Crippen LogP contribution < -0.4 is 10.2 Å². The third-order valence-corrected chi connectivity index (χ3v) is 7.14. The fourth-order valence-electron chi connectivity index (χ4n) is 3.20. The van der Waals surface area contributed by atoms with Gasteiger partial charge in [-0.1, -0.05) is 45.0 Å². The van der Waals surface area contributed by atoms with Crippen molar-refractivity contribution in [2.24, 2.45) is 5.41 Å². The lowest BCUT2D eigenvalue weighted by atomic mass is 9.87. The van der Waals surface area contributed by atoms with Gasteiger partial charge < -0.3 is 5.32 Å². The summed E-state index contributed by atoms with van der Waals surface area (Å²) in [6.45, 7) is 10.1. The quantitative estimate of drug-likeness (QED) is 0.578. The molecule has 1 atom stereocenters. The Bertz CT molecular complexity index is 935. The van der Waals surface area contributed by atoms with E-state index in [2.05, 4.69) is 38.2 Å². The third kappa shape index (κ3) is 4.84. The average molecular weight is 445 g/mol. The number of hydrogen-bond acceptors (Lipinski definition) is 3. The summed E-state index contributed by atoms with van der Waals surface area (Å²) < 4.78 is 0. The van der Waals surface area contributed by atoms with Gasteiger partial charge in [-0.3, -0.25) is 14.5 Å². The maximum atomic E-state index is 12.7. The van der Waals surface area contributed by atoms with Crippen LogP contribution in [0.2, 0.25) is 0 Å². The first-order valence-corrected chi connectivity index (χ1v) is 11.6. The lowest BCUT2D eigenvalue weighted by Crippen LogP contribution is -2.32. The monoisotopic (exact) mass is 444 g/mol. The third-order valence-electron chi connectivity index (χ3n) is 5.26. The summed E-state index contributed by atoms with van der Waals surface area (Å²) in [5.41, 5.74) is 3.21. The summed E-state index contributed by atoms with van der Waals surface area (Å²) in [5, 5.41) is 2.82. The van der Waals surface area contributed by atoms with Crippen LogP contribution in [0, 0.1) is 5.41 Å². The number of carbonyl (C=O) groups is 2. The molecule has 0 spiro atoms. The van der Waals surface area contributed by atoms with Gasteiger partial charge in [-0.15, -0.1) is 23.4 Å². The van der Waals surface area contributed by atoms with Gasteiger partial charge in [0.25, 0.3) is 0 Å².